The molecular weight excluding hydrogens is 464 g/mol. The first-order chi connectivity index (χ1) is 14.4. The Morgan fingerprint density at radius 1 is 1.00 bits per heavy atom. The van der Waals surface area contributed by atoms with Crippen molar-refractivity contribution in [1.29, 1.82) is 0 Å². The highest BCUT2D eigenvalue weighted by Gasteiger charge is 2.15. The summed E-state index contributed by atoms with van der Waals surface area (Å²) in [5, 5.41) is 7.48. The molecule has 0 aliphatic rings. The molecule has 3 N–H and O–H groups in total. The van der Waals surface area contributed by atoms with Gasteiger partial charge in [-0.1, -0.05) is 29.0 Å². The van der Waals surface area contributed by atoms with E-state index >= 15 is 0 Å². The summed E-state index contributed by atoms with van der Waals surface area (Å²) in [7, 11) is -3.80. The third-order valence-corrected chi connectivity index (χ3v) is 6.59. The zero-order valence-electron chi connectivity index (χ0n) is 15.0. The van der Waals surface area contributed by atoms with Crippen molar-refractivity contribution in [2.24, 2.45) is 0 Å². The van der Waals surface area contributed by atoms with E-state index in [0.717, 1.165) is 4.70 Å². The molecule has 0 saturated carbocycles. The van der Waals surface area contributed by atoms with Crippen LogP contribution < -0.4 is 15.4 Å². The molecule has 2 aromatic carbocycles. The monoisotopic (exact) mass is 476 g/mol. The zero-order chi connectivity index (χ0) is 21.1. The number of halogens is 1. The zero-order valence-corrected chi connectivity index (χ0v) is 18.2. The Kier molecular flexibility index (Phi) is 5.77. The summed E-state index contributed by atoms with van der Waals surface area (Å²) in [6.07, 6.45) is 2.90. The van der Waals surface area contributed by atoms with Gasteiger partial charge in [0.2, 0.25) is 5.95 Å². The lowest BCUT2D eigenvalue weighted by Gasteiger charge is -2.10. The van der Waals surface area contributed by atoms with E-state index in [2.05, 4.69) is 30.3 Å². The molecule has 0 aliphatic heterocycles. The molecule has 12 heteroatoms. The third kappa shape index (κ3) is 4.65. The molecule has 4 rings (SSSR count). The largest absolute Gasteiger partial charge is 0.332 e. The van der Waals surface area contributed by atoms with Crippen molar-refractivity contribution >= 4 is 77.3 Å². The second kappa shape index (κ2) is 8.48. The predicted molar refractivity (Wildman–Crippen MR) is 124 cm³/mol. The van der Waals surface area contributed by atoms with Crippen molar-refractivity contribution in [3.8, 4) is 0 Å². The molecule has 0 bridgehead atoms. The van der Waals surface area contributed by atoms with Gasteiger partial charge < -0.3 is 10.6 Å². The summed E-state index contributed by atoms with van der Waals surface area (Å²) in [6.45, 7) is 0. The van der Waals surface area contributed by atoms with E-state index in [1.165, 1.54) is 35.9 Å². The van der Waals surface area contributed by atoms with Crippen molar-refractivity contribution in [3.05, 3.63) is 65.9 Å². The number of nitrogens with one attached hydrogen (secondary N) is 3. The molecule has 2 heterocycles. The highest BCUT2D eigenvalue weighted by atomic mass is 35.5. The smallest absolute Gasteiger partial charge is 0.264 e. The summed E-state index contributed by atoms with van der Waals surface area (Å²) < 4.78 is 28.1. The minimum absolute atomic E-state index is 0.000942. The molecule has 0 saturated heterocycles. The van der Waals surface area contributed by atoms with Gasteiger partial charge in [-0.15, -0.1) is 0 Å². The number of thiazole rings is 1. The number of thiocarbonyl (C=S) groups is 1. The quantitative estimate of drug-likeness (QED) is 0.365. The number of hydrogen-bond acceptors (Lipinski definition) is 7. The van der Waals surface area contributed by atoms with Gasteiger partial charge in [-0.25, -0.2) is 28.1 Å². The third-order valence-electron chi connectivity index (χ3n) is 3.80. The van der Waals surface area contributed by atoms with Gasteiger partial charge in [0.05, 0.1) is 14.6 Å². The molecule has 2 aromatic heterocycles. The Bertz CT molecular complexity index is 1310. The number of aromatic nitrogens is 3. The Morgan fingerprint density at radius 3 is 2.43 bits per heavy atom. The molecule has 0 atom stereocenters. The van der Waals surface area contributed by atoms with Crippen LogP contribution in [0.5, 0.6) is 0 Å². The van der Waals surface area contributed by atoms with Crippen LogP contribution in [0, 0.1) is 0 Å². The van der Waals surface area contributed by atoms with Gasteiger partial charge in [0.15, 0.2) is 10.2 Å². The maximum Gasteiger partial charge on any atom is 0.264 e. The number of fused-ring (bicyclic) bond motifs is 1. The van der Waals surface area contributed by atoms with E-state index in [0.29, 0.717) is 26.5 Å². The Morgan fingerprint density at radius 2 is 1.73 bits per heavy atom. The van der Waals surface area contributed by atoms with Gasteiger partial charge >= 0.3 is 0 Å². The molecule has 0 radical (unpaired) electrons. The molecule has 0 aliphatic carbocycles. The van der Waals surface area contributed by atoms with E-state index in [9.17, 15) is 8.42 Å². The van der Waals surface area contributed by atoms with Crippen LogP contribution in [0.25, 0.3) is 10.2 Å². The molecule has 0 amide bonds. The van der Waals surface area contributed by atoms with Crippen LogP contribution in [0.1, 0.15) is 0 Å². The number of sulfonamides is 1. The topological polar surface area (TPSA) is 109 Å². The van der Waals surface area contributed by atoms with Crippen LogP contribution in [-0.2, 0) is 10.0 Å². The summed E-state index contributed by atoms with van der Waals surface area (Å²) in [4.78, 5) is 12.2. The number of hydrogen-bond donors (Lipinski definition) is 3. The second-order valence-corrected chi connectivity index (χ2v) is 9.42. The van der Waals surface area contributed by atoms with Gasteiger partial charge in [-0.05, 0) is 54.7 Å². The Labute approximate surface area is 186 Å². The number of benzene rings is 2. The maximum atomic E-state index is 12.4. The number of rotatable bonds is 5. The fourth-order valence-corrected chi connectivity index (χ4v) is 4.88. The fourth-order valence-electron chi connectivity index (χ4n) is 2.48. The van der Waals surface area contributed by atoms with E-state index in [-0.39, 0.29) is 10.8 Å². The van der Waals surface area contributed by atoms with E-state index in [4.69, 9.17) is 23.8 Å². The van der Waals surface area contributed by atoms with Crippen molar-refractivity contribution in [3.63, 3.8) is 0 Å². The Balaban J connectivity index is 1.42. The van der Waals surface area contributed by atoms with Crippen molar-refractivity contribution in [2.45, 2.75) is 4.90 Å². The average molecular weight is 477 g/mol. The molecular formula is C18H13ClN6O2S3. The normalized spacial score (nSPS) is 11.2. The highest BCUT2D eigenvalue weighted by molar-refractivity contribution is 7.92. The van der Waals surface area contributed by atoms with E-state index < -0.39 is 10.0 Å². The lowest BCUT2D eigenvalue weighted by Crippen LogP contribution is -2.19. The molecule has 0 unspecified atom stereocenters. The maximum absolute atomic E-state index is 12.4. The minimum Gasteiger partial charge on any atom is -0.332 e. The van der Waals surface area contributed by atoms with Crippen LogP contribution >= 0.6 is 35.2 Å². The van der Waals surface area contributed by atoms with Crippen LogP contribution in [0.3, 0.4) is 0 Å². The molecule has 30 heavy (non-hydrogen) atoms. The first-order valence-corrected chi connectivity index (χ1v) is 11.5. The van der Waals surface area contributed by atoms with Crippen LogP contribution in [-0.4, -0.2) is 28.5 Å². The lowest BCUT2D eigenvalue weighted by atomic mass is 10.3. The van der Waals surface area contributed by atoms with Crippen LogP contribution in [0.4, 0.5) is 16.8 Å². The molecule has 4 aromatic rings. The first kappa shape index (κ1) is 20.4. The van der Waals surface area contributed by atoms with Gasteiger partial charge in [-0.2, -0.15) is 0 Å². The standard InChI is InChI=1S/C18H13ClN6O2S3/c19-13-3-1-4-14-15(13)23-18(29-14)24-17(28)22-11-5-7-12(8-6-11)30(26,27)25-16-20-9-2-10-21-16/h1-10H,(H,20,21,25)(H2,22,23,24,28). The lowest BCUT2D eigenvalue weighted by molar-refractivity contribution is 0.601. The van der Waals surface area contributed by atoms with Crippen molar-refractivity contribution < 1.29 is 8.42 Å². The van der Waals surface area contributed by atoms with Crippen LogP contribution in [0.2, 0.25) is 5.02 Å². The summed E-state index contributed by atoms with van der Waals surface area (Å²) in [5.41, 5.74) is 1.32. The van der Waals surface area contributed by atoms with Gasteiger partial charge in [0, 0.05) is 18.1 Å². The first-order valence-electron chi connectivity index (χ1n) is 8.44. The number of nitrogens with zero attached hydrogens (tertiary/aromatic N) is 3. The summed E-state index contributed by atoms with van der Waals surface area (Å²) in [6, 6.07) is 13.3. The summed E-state index contributed by atoms with van der Waals surface area (Å²) in [5.74, 6) is 0.000942. The molecule has 0 fully saturated rings. The number of anilines is 3. The van der Waals surface area contributed by atoms with Gasteiger partial charge in [0.25, 0.3) is 10.0 Å². The minimum atomic E-state index is -3.80. The molecule has 8 nitrogen and oxygen atoms in total. The van der Waals surface area contributed by atoms with E-state index in [1.54, 1.807) is 24.3 Å². The molecule has 0 spiro atoms. The Hall–Kier alpha value is -2.86. The van der Waals surface area contributed by atoms with Gasteiger partial charge in [0.1, 0.15) is 5.52 Å². The summed E-state index contributed by atoms with van der Waals surface area (Å²) >= 11 is 12.9. The predicted octanol–water partition coefficient (Wildman–Crippen LogP) is 4.35. The number of para-hydroxylation sites is 1. The van der Waals surface area contributed by atoms with Gasteiger partial charge in [-0.3, -0.25) is 0 Å². The van der Waals surface area contributed by atoms with Crippen molar-refractivity contribution in [2.75, 3.05) is 15.4 Å². The second-order valence-electron chi connectivity index (χ2n) is 5.89. The fraction of sp³-hybridized carbons (Fsp3) is 0. The SMILES string of the molecule is O=S(=O)(Nc1ncccn1)c1ccc(NC(=S)Nc2nc3c(Cl)cccc3s2)cc1. The highest BCUT2D eigenvalue weighted by Crippen LogP contribution is 2.30. The average Bonchev–Trinajstić information content (AvgIpc) is 3.12. The van der Waals surface area contributed by atoms with Crippen molar-refractivity contribution in [1.82, 2.24) is 15.0 Å². The molecule has 152 valence electrons. The van der Waals surface area contributed by atoms with Crippen LogP contribution in [0.15, 0.2) is 65.8 Å². The van der Waals surface area contributed by atoms with E-state index in [1.807, 2.05) is 12.1 Å².